The van der Waals surface area contributed by atoms with E-state index in [2.05, 4.69) is 20.1 Å². The summed E-state index contributed by atoms with van der Waals surface area (Å²) in [5.74, 6) is -0.349. The predicted molar refractivity (Wildman–Crippen MR) is 34.0 cm³/mol. The Balaban J connectivity index is 2.45. The van der Waals surface area contributed by atoms with Crippen molar-refractivity contribution in [3.63, 3.8) is 0 Å². The number of tetrazole rings is 1. The molecule has 0 unspecified atom stereocenters. The molecule has 7 heteroatoms. The van der Waals surface area contributed by atoms with Crippen LogP contribution in [0.4, 0.5) is 5.95 Å². The maximum Gasteiger partial charge on any atom is 0.304 e. The maximum atomic E-state index is 10.3. The molecular formula is C4H7N5O2. The van der Waals surface area contributed by atoms with Crippen LogP contribution in [-0.4, -0.2) is 26.2 Å². The van der Waals surface area contributed by atoms with Gasteiger partial charge in [0.15, 0.2) is 0 Å². The van der Waals surface area contributed by atoms with Crippen molar-refractivity contribution in [2.24, 2.45) is 0 Å². The van der Waals surface area contributed by atoms with E-state index in [1.54, 1.807) is 0 Å². The molecule has 0 aromatic carbocycles. The Bertz CT molecular complexity index is 257. The van der Waals surface area contributed by atoms with Crippen molar-refractivity contribution in [1.82, 2.24) is 20.2 Å². The van der Waals surface area contributed by atoms with E-state index in [9.17, 15) is 4.79 Å². The molecule has 0 bridgehead atoms. The molecule has 7 nitrogen and oxygen atoms in total. The summed E-state index contributed by atoms with van der Waals surface area (Å²) in [4.78, 5) is 11.4. The lowest BCUT2D eigenvalue weighted by Gasteiger charge is -1.96. The van der Waals surface area contributed by atoms with Crippen LogP contribution in [0.5, 0.6) is 0 Å². The first kappa shape index (κ1) is 7.45. The van der Waals surface area contributed by atoms with Crippen LogP contribution in [0, 0.1) is 0 Å². The van der Waals surface area contributed by atoms with Gasteiger partial charge in [0.2, 0.25) is 6.73 Å². The molecule has 2 N–H and O–H groups in total. The van der Waals surface area contributed by atoms with Crippen molar-refractivity contribution >= 4 is 11.9 Å². The molecule has 11 heavy (non-hydrogen) atoms. The summed E-state index contributed by atoms with van der Waals surface area (Å²) in [6.07, 6.45) is 0. The zero-order valence-corrected chi connectivity index (χ0v) is 5.89. The number of nitrogen functional groups attached to an aromatic ring is 1. The van der Waals surface area contributed by atoms with Gasteiger partial charge in [-0.15, -0.1) is 9.90 Å². The molecule has 0 spiro atoms. The highest BCUT2D eigenvalue weighted by Crippen LogP contribution is 1.85. The number of nitrogens with two attached hydrogens (primary N) is 1. The minimum atomic E-state index is -0.402. The van der Waals surface area contributed by atoms with Crippen LogP contribution in [-0.2, 0) is 16.3 Å². The normalized spacial score (nSPS) is 9.55. The zero-order valence-electron chi connectivity index (χ0n) is 5.89. The van der Waals surface area contributed by atoms with Gasteiger partial charge in [-0.1, -0.05) is 5.10 Å². The van der Waals surface area contributed by atoms with Crippen molar-refractivity contribution in [2.45, 2.75) is 13.7 Å². The SMILES string of the molecule is CC(=O)OCn1nnc(N)n1. The molecule has 1 heterocycles. The zero-order chi connectivity index (χ0) is 8.27. The molecule has 0 amide bonds. The van der Waals surface area contributed by atoms with Gasteiger partial charge in [-0.25, -0.2) is 0 Å². The number of aromatic nitrogens is 4. The number of hydrogen-bond acceptors (Lipinski definition) is 6. The van der Waals surface area contributed by atoms with Crippen LogP contribution in [0.25, 0.3) is 0 Å². The Morgan fingerprint density at radius 1 is 1.82 bits per heavy atom. The molecule has 0 aliphatic carbocycles. The number of nitrogens with zero attached hydrogens (tertiary/aromatic N) is 4. The van der Waals surface area contributed by atoms with Crippen LogP contribution in [0.1, 0.15) is 6.92 Å². The van der Waals surface area contributed by atoms with Crippen LogP contribution >= 0.6 is 0 Å². The van der Waals surface area contributed by atoms with E-state index in [0.717, 1.165) is 4.80 Å². The Morgan fingerprint density at radius 3 is 3.00 bits per heavy atom. The van der Waals surface area contributed by atoms with Gasteiger partial charge < -0.3 is 10.5 Å². The molecule has 0 aliphatic rings. The Kier molecular flexibility index (Phi) is 2.00. The molecule has 1 aromatic rings. The molecule has 0 saturated heterocycles. The first-order valence-corrected chi connectivity index (χ1v) is 2.85. The molecule has 0 fully saturated rings. The standard InChI is InChI=1S/C4H7N5O2/c1-3(10)11-2-9-7-4(5)6-8-9/h2H2,1H3,(H2,5,7). The monoisotopic (exact) mass is 157 g/mol. The van der Waals surface area contributed by atoms with Gasteiger partial charge in [0, 0.05) is 6.92 Å². The van der Waals surface area contributed by atoms with Crippen LogP contribution in [0.2, 0.25) is 0 Å². The Hall–Kier alpha value is -1.66. The average molecular weight is 157 g/mol. The fraction of sp³-hybridized carbons (Fsp3) is 0.500. The van der Waals surface area contributed by atoms with Gasteiger partial charge in [-0.2, -0.15) is 0 Å². The lowest BCUT2D eigenvalue weighted by Crippen LogP contribution is -2.09. The predicted octanol–water partition coefficient (Wildman–Crippen LogP) is -1.22. The van der Waals surface area contributed by atoms with Gasteiger partial charge in [-0.3, -0.25) is 4.79 Å². The summed E-state index contributed by atoms with van der Waals surface area (Å²) in [6, 6.07) is 0. The second-order valence-electron chi connectivity index (χ2n) is 1.78. The first-order chi connectivity index (χ1) is 5.18. The first-order valence-electron chi connectivity index (χ1n) is 2.85. The van der Waals surface area contributed by atoms with E-state index in [4.69, 9.17) is 5.73 Å². The number of anilines is 1. The fourth-order valence-electron chi connectivity index (χ4n) is 0.459. The second kappa shape index (κ2) is 2.95. The van der Waals surface area contributed by atoms with E-state index in [1.807, 2.05) is 0 Å². The number of carbonyl (C=O) groups is 1. The second-order valence-corrected chi connectivity index (χ2v) is 1.78. The lowest BCUT2D eigenvalue weighted by molar-refractivity contribution is -0.145. The summed E-state index contributed by atoms with van der Waals surface area (Å²) >= 11 is 0. The van der Waals surface area contributed by atoms with Gasteiger partial charge >= 0.3 is 5.97 Å². The number of ether oxygens (including phenoxy) is 1. The maximum absolute atomic E-state index is 10.3. The Labute approximate surface area is 62.1 Å². The van der Waals surface area contributed by atoms with Crippen LogP contribution in [0.15, 0.2) is 0 Å². The molecule has 1 rings (SSSR count). The van der Waals surface area contributed by atoms with Crippen molar-refractivity contribution in [3.8, 4) is 0 Å². The summed E-state index contributed by atoms with van der Waals surface area (Å²) in [5, 5.41) is 10.4. The fourth-order valence-corrected chi connectivity index (χ4v) is 0.459. The molecule has 0 aliphatic heterocycles. The van der Waals surface area contributed by atoms with E-state index in [1.165, 1.54) is 6.92 Å². The van der Waals surface area contributed by atoms with E-state index >= 15 is 0 Å². The summed E-state index contributed by atoms with van der Waals surface area (Å²) in [7, 11) is 0. The molecule has 1 aromatic heterocycles. The molecule has 0 atom stereocenters. The summed E-state index contributed by atoms with van der Waals surface area (Å²) in [6.45, 7) is 1.24. The van der Waals surface area contributed by atoms with Gasteiger partial charge in [0.05, 0.1) is 0 Å². The minimum absolute atomic E-state index is 0.0529. The molecule has 0 saturated carbocycles. The number of rotatable bonds is 2. The average Bonchev–Trinajstić information content (AvgIpc) is 2.31. The number of hydrogen-bond donors (Lipinski definition) is 1. The van der Waals surface area contributed by atoms with E-state index in [0.29, 0.717) is 0 Å². The summed E-state index contributed by atoms with van der Waals surface area (Å²) in [5.41, 5.74) is 5.14. The van der Waals surface area contributed by atoms with Crippen molar-refractivity contribution in [2.75, 3.05) is 5.73 Å². The third kappa shape index (κ3) is 2.20. The highest BCUT2D eigenvalue weighted by atomic mass is 16.5. The quantitative estimate of drug-likeness (QED) is 0.540. The van der Waals surface area contributed by atoms with Crippen molar-refractivity contribution in [1.29, 1.82) is 0 Å². The molecule has 60 valence electrons. The smallest absolute Gasteiger partial charge is 0.304 e. The largest absolute Gasteiger partial charge is 0.441 e. The molecule has 0 radical (unpaired) electrons. The van der Waals surface area contributed by atoms with Crippen LogP contribution in [0.3, 0.4) is 0 Å². The number of carbonyl (C=O) groups excluding carboxylic acids is 1. The highest BCUT2D eigenvalue weighted by molar-refractivity contribution is 5.65. The van der Waals surface area contributed by atoms with Crippen LogP contribution < -0.4 is 5.73 Å². The number of esters is 1. The van der Waals surface area contributed by atoms with Crippen molar-refractivity contribution < 1.29 is 9.53 Å². The highest BCUT2D eigenvalue weighted by Gasteiger charge is 1.98. The van der Waals surface area contributed by atoms with Gasteiger partial charge in [-0.05, 0) is 5.21 Å². The van der Waals surface area contributed by atoms with E-state index < -0.39 is 5.97 Å². The Morgan fingerprint density at radius 2 is 2.55 bits per heavy atom. The molecular weight excluding hydrogens is 150 g/mol. The topological polar surface area (TPSA) is 95.9 Å². The van der Waals surface area contributed by atoms with Gasteiger partial charge in [0.1, 0.15) is 0 Å². The lowest BCUT2D eigenvalue weighted by atomic mass is 10.8. The third-order valence-electron chi connectivity index (χ3n) is 0.852. The minimum Gasteiger partial charge on any atom is -0.441 e. The van der Waals surface area contributed by atoms with Gasteiger partial charge in [0.25, 0.3) is 5.95 Å². The third-order valence-corrected chi connectivity index (χ3v) is 0.852. The summed E-state index contributed by atoms with van der Waals surface area (Å²) < 4.78 is 4.54. The van der Waals surface area contributed by atoms with Crippen molar-refractivity contribution in [3.05, 3.63) is 0 Å². The van der Waals surface area contributed by atoms with E-state index in [-0.39, 0.29) is 12.7 Å².